The first-order valence-corrected chi connectivity index (χ1v) is 10.9. The number of halogens is 1. The van der Waals surface area contributed by atoms with Gasteiger partial charge in [-0.25, -0.2) is 4.79 Å². The topological polar surface area (TPSA) is 102 Å². The summed E-state index contributed by atoms with van der Waals surface area (Å²) in [5, 5.41) is 19.8. The lowest BCUT2D eigenvalue weighted by atomic mass is 9.70. The number of esters is 1. The largest absolute Gasteiger partial charge is 0.482 e. The van der Waals surface area contributed by atoms with Crippen LogP contribution in [-0.2, 0) is 23.8 Å². The molecule has 0 saturated heterocycles. The molecule has 6 atom stereocenters. The third kappa shape index (κ3) is 3.93. The molecule has 0 aromatic carbocycles. The van der Waals surface area contributed by atoms with Gasteiger partial charge in [0.1, 0.15) is 11.5 Å². The van der Waals surface area contributed by atoms with Gasteiger partial charge >= 0.3 is 5.97 Å². The Labute approximate surface area is 192 Å². The van der Waals surface area contributed by atoms with Crippen molar-refractivity contribution in [3.8, 4) is 0 Å². The summed E-state index contributed by atoms with van der Waals surface area (Å²) in [4.78, 5) is 26.1. The highest BCUT2D eigenvalue weighted by atomic mass is 35.5. The van der Waals surface area contributed by atoms with Crippen LogP contribution >= 0.6 is 11.6 Å². The van der Waals surface area contributed by atoms with Crippen LogP contribution in [0, 0.1) is 17.8 Å². The minimum Gasteiger partial charge on any atom is -0.482 e. The lowest BCUT2D eigenvalue weighted by Crippen LogP contribution is -2.47. The van der Waals surface area contributed by atoms with Gasteiger partial charge in [-0.15, -0.1) is 0 Å². The summed E-state index contributed by atoms with van der Waals surface area (Å²) in [6.45, 7) is 8.42. The Morgan fingerprint density at radius 1 is 1.25 bits per heavy atom. The summed E-state index contributed by atoms with van der Waals surface area (Å²) in [5.74, 6) is -1.94. The second kappa shape index (κ2) is 8.89. The number of allylic oxidation sites excluding steroid dienone is 3. The van der Waals surface area contributed by atoms with Gasteiger partial charge < -0.3 is 24.4 Å². The van der Waals surface area contributed by atoms with Gasteiger partial charge in [-0.2, -0.15) is 0 Å². The van der Waals surface area contributed by atoms with E-state index in [1.54, 1.807) is 45.9 Å². The number of aliphatic hydroxyl groups is 2. The Kier molecular flexibility index (Phi) is 6.75. The van der Waals surface area contributed by atoms with Crippen molar-refractivity contribution < 1.29 is 34.0 Å². The van der Waals surface area contributed by atoms with Crippen molar-refractivity contribution in [3.63, 3.8) is 0 Å². The van der Waals surface area contributed by atoms with E-state index < -0.39 is 41.4 Å². The molecule has 2 N–H and O–H groups in total. The van der Waals surface area contributed by atoms with Crippen LogP contribution in [0.5, 0.6) is 0 Å². The van der Waals surface area contributed by atoms with Gasteiger partial charge in [0.15, 0.2) is 5.60 Å². The van der Waals surface area contributed by atoms with Crippen molar-refractivity contribution in [1.82, 2.24) is 0 Å². The number of ketones is 1. The number of aliphatic hydroxyl groups excluding tert-OH is 2. The fraction of sp³-hybridized carbons (Fsp3) is 0.500. The van der Waals surface area contributed by atoms with E-state index in [1.165, 1.54) is 13.4 Å². The first-order valence-electron chi connectivity index (χ1n) is 10.5. The van der Waals surface area contributed by atoms with E-state index in [0.717, 1.165) is 0 Å². The smallest absolute Gasteiger partial charge is 0.337 e. The molecule has 0 saturated carbocycles. The molecule has 0 spiro atoms. The fourth-order valence-corrected chi connectivity index (χ4v) is 4.33. The summed E-state index contributed by atoms with van der Waals surface area (Å²) in [5.41, 5.74) is -0.347. The number of hydrogen-bond acceptors (Lipinski definition) is 7. The van der Waals surface area contributed by atoms with Crippen LogP contribution in [0.4, 0.5) is 0 Å². The molecule has 0 amide bonds. The van der Waals surface area contributed by atoms with Gasteiger partial charge in [-0.3, -0.25) is 4.79 Å². The Bertz CT molecular complexity index is 982. The number of ether oxygens (including phenoxy) is 3. The minimum atomic E-state index is -1.47. The van der Waals surface area contributed by atoms with E-state index in [-0.39, 0.29) is 22.3 Å². The molecule has 0 radical (unpaired) electrons. The van der Waals surface area contributed by atoms with Crippen LogP contribution in [0.3, 0.4) is 0 Å². The standard InChI is InChI=1S/C24H29ClO7/c1-11(13(3)26)7-8-15-9-16-17(10-31-15)19-18(23(29)30-6)21(12(2)14(4)27)32-24(19,5)22(28)20(16)25/h7-14,19,26-27H,1-6H3. The maximum atomic E-state index is 13.3. The highest BCUT2D eigenvalue weighted by Crippen LogP contribution is 2.54. The fourth-order valence-electron chi connectivity index (χ4n) is 3.98. The molecule has 0 bridgehead atoms. The number of rotatable bonds is 6. The summed E-state index contributed by atoms with van der Waals surface area (Å²) in [6, 6.07) is 0. The molecule has 8 heteroatoms. The third-order valence-electron chi connectivity index (χ3n) is 6.41. The molecular formula is C24H29ClO7. The number of hydrogen-bond donors (Lipinski definition) is 2. The zero-order chi connectivity index (χ0) is 24.0. The van der Waals surface area contributed by atoms with Gasteiger partial charge in [-0.1, -0.05) is 31.5 Å². The van der Waals surface area contributed by atoms with Crippen LogP contribution < -0.4 is 0 Å². The predicted molar refractivity (Wildman–Crippen MR) is 118 cm³/mol. The van der Waals surface area contributed by atoms with Gasteiger partial charge in [0.05, 0.1) is 42.1 Å². The van der Waals surface area contributed by atoms with E-state index in [1.807, 2.05) is 6.92 Å². The second-order valence-corrected chi connectivity index (χ2v) is 9.07. The molecule has 3 rings (SSSR count). The molecule has 0 fully saturated rings. The van der Waals surface area contributed by atoms with E-state index in [2.05, 4.69) is 0 Å². The van der Waals surface area contributed by atoms with Crippen molar-refractivity contribution in [1.29, 1.82) is 0 Å². The SMILES string of the molecule is COC(=O)C1=C(C(C)C(C)O)OC2(C)C(=O)C(Cl)=C3C=C(C=CC(C)C(C)O)OC=C3C12. The Morgan fingerprint density at radius 2 is 1.91 bits per heavy atom. The van der Waals surface area contributed by atoms with E-state index >= 15 is 0 Å². The molecule has 174 valence electrons. The lowest BCUT2D eigenvalue weighted by Gasteiger charge is -2.37. The second-order valence-electron chi connectivity index (χ2n) is 8.69. The van der Waals surface area contributed by atoms with Gasteiger partial charge in [0, 0.05) is 23.0 Å². The van der Waals surface area contributed by atoms with E-state index in [9.17, 15) is 19.8 Å². The minimum absolute atomic E-state index is 0.0251. The summed E-state index contributed by atoms with van der Waals surface area (Å²) < 4.78 is 16.8. The Morgan fingerprint density at radius 3 is 2.47 bits per heavy atom. The normalized spacial score (nSPS) is 28.8. The lowest BCUT2D eigenvalue weighted by molar-refractivity contribution is -0.137. The number of carbonyl (C=O) groups is 2. The highest BCUT2D eigenvalue weighted by molar-refractivity contribution is 6.45. The molecule has 2 aliphatic heterocycles. The molecule has 0 aromatic heterocycles. The summed E-state index contributed by atoms with van der Waals surface area (Å²) in [6.07, 6.45) is 5.23. The first-order chi connectivity index (χ1) is 14.9. The summed E-state index contributed by atoms with van der Waals surface area (Å²) in [7, 11) is 1.25. The number of Topliss-reactive ketones (excluding diaryl/α,β-unsaturated/α-hetero) is 1. The molecular weight excluding hydrogens is 436 g/mol. The van der Waals surface area contributed by atoms with Crippen LogP contribution in [-0.4, -0.2) is 46.9 Å². The zero-order valence-corrected chi connectivity index (χ0v) is 19.8. The Balaban J connectivity index is 2.11. The molecule has 1 aliphatic carbocycles. The van der Waals surface area contributed by atoms with Crippen molar-refractivity contribution >= 4 is 23.4 Å². The predicted octanol–water partition coefficient (Wildman–Crippen LogP) is 3.28. The number of methoxy groups -OCH3 is 1. The van der Waals surface area contributed by atoms with Gasteiger partial charge in [0.25, 0.3) is 0 Å². The average molecular weight is 465 g/mol. The average Bonchev–Trinajstić information content (AvgIpc) is 3.08. The molecule has 6 unspecified atom stereocenters. The van der Waals surface area contributed by atoms with Crippen LogP contribution in [0.1, 0.15) is 34.6 Å². The van der Waals surface area contributed by atoms with E-state index in [0.29, 0.717) is 16.9 Å². The maximum Gasteiger partial charge on any atom is 0.337 e. The Hall–Kier alpha value is -2.35. The summed E-state index contributed by atoms with van der Waals surface area (Å²) >= 11 is 6.49. The number of fused-ring (bicyclic) bond motifs is 3. The van der Waals surface area contributed by atoms with Crippen molar-refractivity contribution in [2.75, 3.05) is 7.11 Å². The van der Waals surface area contributed by atoms with Crippen LogP contribution in [0.2, 0.25) is 0 Å². The van der Waals surface area contributed by atoms with Crippen LogP contribution in [0.15, 0.2) is 57.8 Å². The van der Waals surface area contributed by atoms with Gasteiger partial charge in [0.2, 0.25) is 5.78 Å². The molecule has 2 heterocycles. The van der Waals surface area contributed by atoms with Gasteiger partial charge in [-0.05, 0) is 32.9 Å². The van der Waals surface area contributed by atoms with Crippen molar-refractivity contribution in [2.24, 2.45) is 17.8 Å². The van der Waals surface area contributed by atoms with Crippen LogP contribution in [0.25, 0.3) is 0 Å². The molecule has 32 heavy (non-hydrogen) atoms. The third-order valence-corrected chi connectivity index (χ3v) is 6.79. The van der Waals surface area contributed by atoms with Crippen molar-refractivity contribution in [2.45, 2.75) is 52.4 Å². The van der Waals surface area contributed by atoms with E-state index in [4.69, 9.17) is 25.8 Å². The molecule has 7 nitrogen and oxygen atoms in total. The van der Waals surface area contributed by atoms with Crippen molar-refractivity contribution in [3.05, 3.63) is 57.8 Å². The quantitative estimate of drug-likeness (QED) is 0.581. The maximum absolute atomic E-state index is 13.3. The molecule has 3 aliphatic rings. The monoisotopic (exact) mass is 464 g/mol. The highest BCUT2D eigenvalue weighted by Gasteiger charge is 2.60. The molecule has 0 aromatic rings. The number of carbonyl (C=O) groups excluding carboxylic acids is 2. The zero-order valence-electron chi connectivity index (χ0n) is 19.0. The first kappa shape index (κ1) is 24.3.